The molecular weight excluding hydrogens is 424 g/mol. The zero-order valence-corrected chi connectivity index (χ0v) is 21.1. The molecule has 0 bridgehead atoms. The van der Waals surface area contributed by atoms with E-state index in [1.165, 1.54) is 20.8 Å². The van der Waals surface area contributed by atoms with E-state index in [-0.39, 0.29) is 47.2 Å². The molecule has 0 radical (unpaired) electrons. The fourth-order valence-corrected chi connectivity index (χ4v) is 6.13. The number of rotatable bonds is 10. The summed E-state index contributed by atoms with van der Waals surface area (Å²) in [5.41, 5.74) is 0.729. The van der Waals surface area contributed by atoms with E-state index in [1.807, 2.05) is 0 Å². The molecule has 2 aliphatic rings. The van der Waals surface area contributed by atoms with E-state index in [4.69, 9.17) is 14.2 Å². The van der Waals surface area contributed by atoms with Gasteiger partial charge in [0.1, 0.15) is 6.61 Å². The van der Waals surface area contributed by atoms with E-state index in [0.29, 0.717) is 32.0 Å². The summed E-state index contributed by atoms with van der Waals surface area (Å²) in [7, 11) is 0. The van der Waals surface area contributed by atoms with Gasteiger partial charge >= 0.3 is 17.9 Å². The molecule has 0 aromatic carbocycles. The molecule has 0 spiro atoms. The Balaban J connectivity index is 2.20. The Hall–Kier alpha value is -1.89. The maximum atomic E-state index is 11.4. The van der Waals surface area contributed by atoms with Gasteiger partial charge in [-0.15, -0.1) is 0 Å². The number of fused-ring (bicyclic) bond motifs is 1. The molecule has 6 unspecified atom stereocenters. The molecule has 7 nitrogen and oxygen atoms in total. The minimum Gasteiger partial charge on any atom is -0.466 e. The number of allylic oxidation sites excluding steroid dienone is 1. The topological polar surface area (TPSA) is 99.1 Å². The van der Waals surface area contributed by atoms with Crippen molar-refractivity contribution in [2.45, 2.75) is 86.2 Å². The normalized spacial score (nSPS) is 32.2. The van der Waals surface area contributed by atoms with Crippen LogP contribution in [0, 0.1) is 28.6 Å². The lowest BCUT2D eigenvalue weighted by Crippen LogP contribution is -2.55. The molecule has 2 rings (SSSR count). The van der Waals surface area contributed by atoms with E-state index >= 15 is 0 Å². The first-order chi connectivity index (χ1) is 15.4. The summed E-state index contributed by atoms with van der Waals surface area (Å²) in [6.45, 7) is 11.7. The van der Waals surface area contributed by atoms with Crippen LogP contribution in [0.3, 0.4) is 0 Å². The van der Waals surface area contributed by atoms with Gasteiger partial charge < -0.3 is 19.3 Å². The van der Waals surface area contributed by atoms with Crippen LogP contribution in [-0.4, -0.2) is 48.9 Å². The zero-order valence-electron chi connectivity index (χ0n) is 21.1. The second-order valence-electron chi connectivity index (χ2n) is 10.5. The van der Waals surface area contributed by atoms with E-state index < -0.39 is 6.10 Å². The number of aliphatic hydroxyl groups is 1. The first kappa shape index (κ1) is 27.4. The van der Waals surface area contributed by atoms with Crippen molar-refractivity contribution in [1.82, 2.24) is 0 Å². The van der Waals surface area contributed by atoms with Crippen molar-refractivity contribution in [3.05, 3.63) is 11.6 Å². The third-order valence-electron chi connectivity index (χ3n) is 8.27. The van der Waals surface area contributed by atoms with E-state index in [2.05, 4.69) is 26.8 Å². The van der Waals surface area contributed by atoms with E-state index in [1.54, 1.807) is 0 Å². The number of ether oxygens (including phenoxy) is 3. The fourth-order valence-electron chi connectivity index (χ4n) is 6.13. The lowest BCUT2D eigenvalue weighted by atomic mass is 9.46. The van der Waals surface area contributed by atoms with Crippen LogP contribution >= 0.6 is 0 Å². The molecule has 188 valence electrons. The average Bonchev–Trinajstić information content (AvgIpc) is 2.72. The van der Waals surface area contributed by atoms with Gasteiger partial charge in [-0.2, -0.15) is 0 Å². The molecule has 0 heterocycles. The van der Waals surface area contributed by atoms with Gasteiger partial charge in [-0.1, -0.05) is 26.8 Å². The first-order valence-corrected chi connectivity index (χ1v) is 12.2. The molecule has 1 N–H and O–H groups in total. The van der Waals surface area contributed by atoms with E-state index in [0.717, 1.165) is 31.3 Å². The third-order valence-corrected chi connectivity index (χ3v) is 8.27. The standard InChI is InChI=1S/C26H42O7/c1-17-23(30)14-26(6)22(16-33-20(4)29)8-7-9-24(26)25(17,5)12-10-21(15-32-19(3)28)11-13-31-18(2)27/h8,17,21,23-24,30H,7,9-16H2,1-6H3. The predicted molar refractivity (Wildman–Crippen MR) is 124 cm³/mol. The predicted octanol–water partition coefficient (Wildman–Crippen LogP) is 4.21. The SMILES string of the molecule is CC(=O)OCCC(CCC1(C)C(C)C(O)CC2(C)C(COC(C)=O)=CCCC21)COC(C)=O. The highest BCUT2D eigenvalue weighted by atomic mass is 16.5. The van der Waals surface area contributed by atoms with Gasteiger partial charge in [0.05, 0.1) is 19.3 Å². The molecule has 33 heavy (non-hydrogen) atoms. The smallest absolute Gasteiger partial charge is 0.302 e. The highest BCUT2D eigenvalue weighted by molar-refractivity contribution is 5.66. The highest BCUT2D eigenvalue weighted by Gasteiger charge is 2.56. The number of hydrogen-bond acceptors (Lipinski definition) is 7. The number of carbonyl (C=O) groups excluding carboxylic acids is 3. The quantitative estimate of drug-likeness (QED) is 0.292. The Morgan fingerprint density at radius 1 is 1.06 bits per heavy atom. The number of esters is 3. The zero-order chi connectivity index (χ0) is 24.8. The van der Waals surface area contributed by atoms with Crippen molar-refractivity contribution in [3.63, 3.8) is 0 Å². The van der Waals surface area contributed by atoms with Crippen molar-refractivity contribution in [3.8, 4) is 0 Å². The Morgan fingerprint density at radius 3 is 2.30 bits per heavy atom. The third kappa shape index (κ3) is 6.81. The molecule has 0 aromatic rings. The molecular formula is C26H42O7. The van der Waals surface area contributed by atoms with Crippen LogP contribution in [0.2, 0.25) is 0 Å². The van der Waals surface area contributed by atoms with Crippen molar-refractivity contribution >= 4 is 17.9 Å². The first-order valence-electron chi connectivity index (χ1n) is 12.2. The molecule has 0 saturated heterocycles. The van der Waals surface area contributed by atoms with Crippen LogP contribution in [0.4, 0.5) is 0 Å². The average molecular weight is 467 g/mol. The second kappa shape index (κ2) is 11.5. The summed E-state index contributed by atoms with van der Waals surface area (Å²) in [6.07, 6.45) is 6.63. The lowest BCUT2D eigenvalue weighted by molar-refractivity contribution is -0.146. The Morgan fingerprint density at radius 2 is 1.70 bits per heavy atom. The molecule has 1 saturated carbocycles. The van der Waals surface area contributed by atoms with Gasteiger partial charge in [0.2, 0.25) is 0 Å². The Bertz CT molecular complexity index is 745. The monoisotopic (exact) mass is 466 g/mol. The summed E-state index contributed by atoms with van der Waals surface area (Å²) in [5.74, 6) is -0.423. The highest BCUT2D eigenvalue weighted by Crippen LogP contribution is 2.62. The van der Waals surface area contributed by atoms with E-state index in [9.17, 15) is 19.5 Å². The van der Waals surface area contributed by atoms with Crippen LogP contribution in [-0.2, 0) is 28.6 Å². The summed E-state index contributed by atoms with van der Waals surface area (Å²) in [4.78, 5) is 34.0. The molecule has 7 heteroatoms. The van der Waals surface area contributed by atoms with Crippen molar-refractivity contribution in [1.29, 1.82) is 0 Å². The summed E-state index contributed by atoms with van der Waals surface area (Å²) >= 11 is 0. The van der Waals surface area contributed by atoms with Gasteiger partial charge in [-0.05, 0) is 72.7 Å². The number of aliphatic hydroxyl groups excluding tert-OH is 1. The summed E-state index contributed by atoms with van der Waals surface area (Å²) < 4.78 is 15.8. The maximum absolute atomic E-state index is 11.4. The Labute approximate surface area is 198 Å². The van der Waals surface area contributed by atoms with Crippen LogP contribution in [0.25, 0.3) is 0 Å². The van der Waals surface area contributed by atoms with Crippen molar-refractivity contribution in [2.24, 2.45) is 28.6 Å². The van der Waals surface area contributed by atoms with Crippen molar-refractivity contribution < 1.29 is 33.7 Å². The lowest BCUT2D eigenvalue weighted by Gasteiger charge is -2.60. The molecule has 0 aliphatic heterocycles. The van der Waals surface area contributed by atoms with Crippen LogP contribution in [0.5, 0.6) is 0 Å². The molecule has 0 aromatic heterocycles. The van der Waals surface area contributed by atoms with Gasteiger partial charge in [0.25, 0.3) is 0 Å². The van der Waals surface area contributed by atoms with Gasteiger partial charge in [0.15, 0.2) is 0 Å². The van der Waals surface area contributed by atoms with Gasteiger partial charge in [-0.25, -0.2) is 0 Å². The van der Waals surface area contributed by atoms with Crippen LogP contribution in [0.15, 0.2) is 11.6 Å². The van der Waals surface area contributed by atoms with Crippen LogP contribution in [0.1, 0.15) is 80.1 Å². The minimum atomic E-state index is -0.456. The Kier molecular flexibility index (Phi) is 9.53. The molecule has 2 aliphatic carbocycles. The molecule has 6 atom stereocenters. The minimum absolute atomic E-state index is 0.0715. The second-order valence-corrected chi connectivity index (χ2v) is 10.5. The summed E-state index contributed by atoms with van der Waals surface area (Å²) in [5, 5.41) is 11.1. The van der Waals surface area contributed by atoms with Gasteiger partial charge in [0, 0.05) is 20.8 Å². The van der Waals surface area contributed by atoms with Crippen LogP contribution < -0.4 is 0 Å². The number of carbonyl (C=O) groups is 3. The largest absolute Gasteiger partial charge is 0.466 e. The summed E-state index contributed by atoms with van der Waals surface area (Å²) in [6, 6.07) is 0. The fraction of sp³-hybridized carbons (Fsp3) is 0.808. The van der Waals surface area contributed by atoms with Gasteiger partial charge in [-0.3, -0.25) is 14.4 Å². The maximum Gasteiger partial charge on any atom is 0.302 e. The molecule has 0 amide bonds. The molecule has 1 fully saturated rings. The number of hydrogen-bond donors (Lipinski definition) is 1. The van der Waals surface area contributed by atoms with Crippen molar-refractivity contribution in [2.75, 3.05) is 19.8 Å².